The van der Waals surface area contributed by atoms with Crippen molar-refractivity contribution < 1.29 is 14.3 Å². The largest absolute Gasteiger partial charge is 0.464 e. The fourth-order valence-corrected chi connectivity index (χ4v) is 2.32. The molecule has 1 aliphatic heterocycles. The highest BCUT2D eigenvalue weighted by Gasteiger charge is 2.26. The molecule has 2 aromatic rings. The zero-order valence-corrected chi connectivity index (χ0v) is 11.5. The zero-order chi connectivity index (χ0) is 14.8. The number of fused-ring (bicyclic) bond motifs is 1. The number of carbonyl (C=O) groups excluding carboxylic acids is 2. The summed E-state index contributed by atoms with van der Waals surface area (Å²) < 4.78 is 6.10. The van der Waals surface area contributed by atoms with Crippen molar-refractivity contribution in [2.45, 2.75) is 13.1 Å². The summed E-state index contributed by atoms with van der Waals surface area (Å²) in [4.78, 5) is 25.2. The van der Waals surface area contributed by atoms with Gasteiger partial charge in [0.1, 0.15) is 0 Å². The molecule has 0 radical (unpaired) electrons. The molecule has 1 aromatic carbocycles. The molecule has 3 rings (SSSR count). The summed E-state index contributed by atoms with van der Waals surface area (Å²) in [5.41, 5.74) is 1.95. The molecule has 0 N–H and O–H groups in total. The minimum atomic E-state index is -0.522. The topological polar surface area (TPSA) is 77.3 Å². The van der Waals surface area contributed by atoms with E-state index in [1.165, 1.54) is 18.0 Å². The third kappa shape index (κ3) is 2.49. The first-order valence-corrected chi connectivity index (χ1v) is 6.54. The standard InChI is InChI=1S/C14H14N4O3/c1-21-14(20)12-9-18(16-15-12)7-6-17-8-10-4-2-3-5-11(10)13(17)19/h2-5,9H,6-8H2,1H3. The van der Waals surface area contributed by atoms with E-state index in [0.717, 1.165) is 11.1 Å². The van der Waals surface area contributed by atoms with Gasteiger partial charge in [-0.1, -0.05) is 23.4 Å². The van der Waals surface area contributed by atoms with E-state index in [1.807, 2.05) is 24.3 Å². The average Bonchev–Trinajstić information content (AvgIpc) is 3.10. The van der Waals surface area contributed by atoms with Gasteiger partial charge in [-0.25, -0.2) is 9.48 Å². The van der Waals surface area contributed by atoms with E-state index >= 15 is 0 Å². The molecule has 2 heterocycles. The second-order valence-corrected chi connectivity index (χ2v) is 4.74. The van der Waals surface area contributed by atoms with E-state index in [2.05, 4.69) is 15.0 Å². The van der Waals surface area contributed by atoms with Crippen molar-refractivity contribution in [3.8, 4) is 0 Å². The fraction of sp³-hybridized carbons (Fsp3) is 0.286. The van der Waals surface area contributed by atoms with E-state index < -0.39 is 5.97 Å². The van der Waals surface area contributed by atoms with Crippen molar-refractivity contribution in [1.29, 1.82) is 0 Å². The van der Waals surface area contributed by atoms with Crippen molar-refractivity contribution in [2.75, 3.05) is 13.7 Å². The highest BCUT2D eigenvalue weighted by Crippen LogP contribution is 2.21. The number of methoxy groups -OCH3 is 1. The molecule has 0 unspecified atom stereocenters. The van der Waals surface area contributed by atoms with Gasteiger partial charge in [-0.3, -0.25) is 4.79 Å². The number of hydrogen-bond acceptors (Lipinski definition) is 5. The first-order chi connectivity index (χ1) is 10.2. The summed E-state index contributed by atoms with van der Waals surface area (Å²) in [7, 11) is 1.29. The van der Waals surface area contributed by atoms with Crippen LogP contribution in [0.5, 0.6) is 0 Å². The van der Waals surface area contributed by atoms with Gasteiger partial charge in [0.05, 0.1) is 19.9 Å². The van der Waals surface area contributed by atoms with Gasteiger partial charge in [-0.2, -0.15) is 0 Å². The molecule has 21 heavy (non-hydrogen) atoms. The van der Waals surface area contributed by atoms with Crippen molar-refractivity contribution in [3.63, 3.8) is 0 Å². The first-order valence-electron chi connectivity index (χ1n) is 6.54. The van der Waals surface area contributed by atoms with Crippen molar-refractivity contribution in [1.82, 2.24) is 19.9 Å². The third-order valence-corrected chi connectivity index (χ3v) is 3.43. The maximum atomic E-state index is 12.2. The van der Waals surface area contributed by atoms with E-state index in [-0.39, 0.29) is 11.6 Å². The minimum absolute atomic E-state index is 0.0268. The second-order valence-electron chi connectivity index (χ2n) is 4.74. The maximum absolute atomic E-state index is 12.2. The SMILES string of the molecule is COC(=O)c1cn(CCN2Cc3ccccc3C2=O)nn1. The number of ether oxygens (including phenoxy) is 1. The Morgan fingerprint density at radius 2 is 2.14 bits per heavy atom. The Kier molecular flexibility index (Phi) is 3.39. The molecule has 0 fully saturated rings. The Hall–Kier alpha value is -2.70. The third-order valence-electron chi connectivity index (χ3n) is 3.43. The number of hydrogen-bond donors (Lipinski definition) is 0. The lowest BCUT2D eigenvalue weighted by Gasteiger charge is -2.14. The monoisotopic (exact) mass is 286 g/mol. The highest BCUT2D eigenvalue weighted by atomic mass is 16.5. The molecular weight excluding hydrogens is 272 g/mol. The van der Waals surface area contributed by atoms with Crippen LogP contribution in [0.1, 0.15) is 26.4 Å². The van der Waals surface area contributed by atoms with Gasteiger partial charge in [-0.05, 0) is 11.6 Å². The molecule has 0 bridgehead atoms. The Morgan fingerprint density at radius 1 is 1.33 bits per heavy atom. The molecule has 0 saturated carbocycles. The van der Waals surface area contributed by atoms with Crippen LogP contribution in [0, 0.1) is 0 Å². The summed E-state index contributed by atoms with van der Waals surface area (Å²) in [6, 6.07) is 7.58. The molecule has 0 saturated heterocycles. The number of rotatable bonds is 4. The molecule has 0 spiro atoms. The second kappa shape index (κ2) is 5.35. The molecule has 108 valence electrons. The number of esters is 1. The van der Waals surface area contributed by atoms with Crippen molar-refractivity contribution >= 4 is 11.9 Å². The van der Waals surface area contributed by atoms with Crippen molar-refractivity contribution in [3.05, 3.63) is 47.3 Å². The van der Waals surface area contributed by atoms with Crippen LogP contribution in [0.4, 0.5) is 0 Å². The normalized spacial score (nSPS) is 13.4. The molecule has 1 aromatic heterocycles. The predicted octanol–water partition coefficient (Wildman–Crippen LogP) is 0.721. The van der Waals surface area contributed by atoms with E-state index in [1.54, 1.807) is 4.90 Å². The van der Waals surface area contributed by atoms with Crippen LogP contribution in [0.25, 0.3) is 0 Å². The lowest BCUT2D eigenvalue weighted by Crippen LogP contribution is -2.28. The minimum Gasteiger partial charge on any atom is -0.464 e. The smallest absolute Gasteiger partial charge is 0.360 e. The van der Waals surface area contributed by atoms with Gasteiger partial charge in [0.15, 0.2) is 5.69 Å². The van der Waals surface area contributed by atoms with E-state index in [9.17, 15) is 9.59 Å². The lowest BCUT2D eigenvalue weighted by molar-refractivity contribution is 0.0593. The van der Waals surface area contributed by atoms with Crippen molar-refractivity contribution in [2.24, 2.45) is 0 Å². The average molecular weight is 286 g/mol. The number of aromatic nitrogens is 3. The summed E-state index contributed by atoms with van der Waals surface area (Å²) in [6.07, 6.45) is 1.51. The summed E-state index contributed by atoms with van der Waals surface area (Å²) >= 11 is 0. The van der Waals surface area contributed by atoms with Gasteiger partial charge < -0.3 is 9.64 Å². The van der Waals surface area contributed by atoms with Gasteiger partial charge in [0.25, 0.3) is 5.91 Å². The first kappa shape index (κ1) is 13.3. The van der Waals surface area contributed by atoms with E-state index in [0.29, 0.717) is 19.6 Å². The van der Waals surface area contributed by atoms with Crippen LogP contribution >= 0.6 is 0 Å². The van der Waals surface area contributed by atoms with Crippen LogP contribution in [-0.2, 0) is 17.8 Å². The van der Waals surface area contributed by atoms with Gasteiger partial charge in [0.2, 0.25) is 0 Å². The molecule has 7 nitrogen and oxygen atoms in total. The predicted molar refractivity (Wildman–Crippen MR) is 72.5 cm³/mol. The lowest BCUT2D eigenvalue weighted by atomic mass is 10.1. The number of amides is 1. The Labute approximate surface area is 121 Å². The molecule has 1 amide bonds. The molecule has 1 aliphatic rings. The summed E-state index contributed by atoms with van der Waals surface area (Å²) in [5.74, 6) is -0.496. The van der Waals surface area contributed by atoms with Gasteiger partial charge in [-0.15, -0.1) is 5.10 Å². The van der Waals surface area contributed by atoms with E-state index in [4.69, 9.17) is 0 Å². The maximum Gasteiger partial charge on any atom is 0.360 e. The van der Waals surface area contributed by atoms with Crippen LogP contribution in [0.3, 0.4) is 0 Å². The quantitative estimate of drug-likeness (QED) is 0.774. The number of nitrogens with zero attached hydrogens (tertiary/aromatic N) is 4. The fourth-order valence-electron chi connectivity index (χ4n) is 2.32. The Balaban J connectivity index is 1.63. The molecule has 0 aliphatic carbocycles. The molecule has 0 atom stereocenters. The number of carbonyl (C=O) groups is 2. The molecule has 7 heteroatoms. The Morgan fingerprint density at radius 3 is 2.90 bits per heavy atom. The van der Waals surface area contributed by atoms with Crippen LogP contribution in [0.15, 0.2) is 30.5 Å². The molecular formula is C14H14N4O3. The number of benzene rings is 1. The Bertz CT molecular complexity index is 695. The van der Waals surface area contributed by atoms with Gasteiger partial charge in [0, 0.05) is 18.7 Å². The summed E-state index contributed by atoms with van der Waals surface area (Å²) in [5, 5.41) is 7.57. The highest BCUT2D eigenvalue weighted by molar-refractivity contribution is 5.98. The van der Waals surface area contributed by atoms with Gasteiger partial charge >= 0.3 is 5.97 Å². The van der Waals surface area contributed by atoms with Crippen LogP contribution in [-0.4, -0.2) is 45.4 Å². The summed E-state index contributed by atoms with van der Waals surface area (Å²) in [6.45, 7) is 1.59. The zero-order valence-electron chi connectivity index (χ0n) is 11.5. The van der Waals surface area contributed by atoms with Crippen LogP contribution in [0.2, 0.25) is 0 Å². The van der Waals surface area contributed by atoms with Crippen LogP contribution < -0.4 is 0 Å².